The maximum atomic E-state index is 13.3. The summed E-state index contributed by atoms with van der Waals surface area (Å²) in [5, 5.41) is 7.54. The summed E-state index contributed by atoms with van der Waals surface area (Å²) in [5.74, 6) is 0.505. The van der Waals surface area contributed by atoms with Crippen LogP contribution in [0.25, 0.3) is 10.9 Å². The molecule has 0 aliphatic carbocycles. The smallest absolute Gasteiger partial charge is 0.224 e. The molecular formula is C24H30FN5O. The van der Waals surface area contributed by atoms with Crippen molar-refractivity contribution in [1.29, 1.82) is 0 Å². The summed E-state index contributed by atoms with van der Waals surface area (Å²) in [5.41, 5.74) is 3.03. The van der Waals surface area contributed by atoms with Gasteiger partial charge in [-0.2, -0.15) is 0 Å². The molecule has 1 amide bonds. The van der Waals surface area contributed by atoms with E-state index in [1.54, 1.807) is 11.0 Å². The lowest BCUT2D eigenvalue weighted by Gasteiger charge is -2.17. The van der Waals surface area contributed by atoms with E-state index in [2.05, 4.69) is 20.6 Å². The molecule has 0 aliphatic heterocycles. The Morgan fingerprint density at radius 2 is 1.97 bits per heavy atom. The number of benzene rings is 2. The van der Waals surface area contributed by atoms with Crippen LogP contribution in [0.2, 0.25) is 0 Å². The molecule has 1 heterocycles. The van der Waals surface area contributed by atoms with Crippen molar-refractivity contribution < 1.29 is 9.18 Å². The molecule has 2 aromatic carbocycles. The van der Waals surface area contributed by atoms with Crippen LogP contribution < -0.4 is 10.6 Å². The van der Waals surface area contributed by atoms with Gasteiger partial charge in [0.25, 0.3) is 0 Å². The zero-order chi connectivity index (χ0) is 22.1. The maximum Gasteiger partial charge on any atom is 0.224 e. The molecule has 0 saturated heterocycles. The van der Waals surface area contributed by atoms with E-state index in [0.717, 1.165) is 35.0 Å². The Morgan fingerprint density at radius 1 is 1.16 bits per heavy atom. The van der Waals surface area contributed by atoms with Crippen LogP contribution in [0.5, 0.6) is 0 Å². The van der Waals surface area contributed by atoms with Gasteiger partial charge < -0.3 is 20.5 Å². The van der Waals surface area contributed by atoms with Gasteiger partial charge in [0.1, 0.15) is 5.82 Å². The Kier molecular flexibility index (Phi) is 8.04. The highest BCUT2D eigenvalue weighted by Gasteiger charge is 2.09. The van der Waals surface area contributed by atoms with Gasteiger partial charge in [0.05, 0.1) is 6.54 Å². The first-order valence-corrected chi connectivity index (χ1v) is 10.6. The van der Waals surface area contributed by atoms with E-state index in [9.17, 15) is 9.18 Å². The fourth-order valence-corrected chi connectivity index (χ4v) is 3.42. The predicted molar refractivity (Wildman–Crippen MR) is 123 cm³/mol. The van der Waals surface area contributed by atoms with Crippen LogP contribution in [-0.4, -0.2) is 48.4 Å². The summed E-state index contributed by atoms with van der Waals surface area (Å²) in [4.78, 5) is 21.8. The van der Waals surface area contributed by atoms with Crippen LogP contribution in [0, 0.1) is 5.82 Å². The van der Waals surface area contributed by atoms with E-state index < -0.39 is 0 Å². The molecule has 0 aliphatic rings. The van der Waals surface area contributed by atoms with Crippen LogP contribution in [-0.2, 0) is 17.8 Å². The van der Waals surface area contributed by atoms with Gasteiger partial charge in [-0.05, 0) is 42.7 Å². The number of rotatable bonds is 9. The van der Waals surface area contributed by atoms with Crippen LogP contribution in [0.4, 0.5) is 4.39 Å². The molecule has 3 N–H and O–H groups in total. The van der Waals surface area contributed by atoms with Crippen LogP contribution in [0.15, 0.2) is 59.7 Å². The van der Waals surface area contributed by atoms with Crippen molar-refractivity contribution >= 4 is 22.8 Å². The molecule has 0 bridgehead atoms. The lowest BCUT2D eigenvalue weighted by atomic mass is 10.1. The number of nitrogens with zero attached hydrogens (tertiary/aromatic N) is 2. The monoisotopic (exact) mass is 423 g/mol. The van der Waals surface area contributed by atoms with Crippen molar-refractivity contribution in [2.24, 2.45) is 4.99 Å². The SMILES string of the molecule is CCNC(=NCCC(=O)N(C)Cc1ccccc1)NCCc1c[nH]c2cc(F)ccc12. The average Bonchev–Trinajstić information content (AvgIpc) is 3.16. The minimum absolute atomic E-state index is 0.0643. The molecular weight excluding hydrogens is 393 g/mol. The molecule has 1 aromatic heterocycles. The lowest BCUT2D eigenvalue weighted by molar-refractivity contribution is -0.130. The van der Waals surface area contributed by atoms with Crippen molar-refractivity contribution in [3.63, 3.8) is 0 Å². The van der Waals surface area contributed by atoms with E-state index in [-0.39, 0.29) is 11.7 Å². The molecule has 0 atom stereocenters. The van der Waals surface area contributed by atoms with Gasteiger partial charge in [0, 0.05) is 50.2 Å². The van der Waals surface area contributed by atoms with E-state index >= 15 is 0 Å². The first-order chi connectivity index (χ1) is 15.1. The molecule has 0 fully saturated rings. The van der Waals surface area contributed by atoms with E-state index in [0.29, 0.717) is 32.0 Å². The Bertz CT molecular complexity index is 1020. The van der Waals surface area contributed by atoms with Crippen LogP contribution >= 0.6 is 0 Å². The average molecular weight is 424 g/mol. The van der Waals surface area contributed by atoms with E-state index in [4.69, 9.17) is 0 Å². The van der Waals surface area contributed by atoms with Gasteiger partial charge in [0.2, 0.25) is 5.91 Å². The number of amides is 1. The molecule has 6 nitrogen and oxygen atoms in total. The van der Waals surface area contributed by atoms with Gasteiger partial charge >= 0.3 is 0 Å². The number of carbonyl (C=O) groups excluding carboxylic acids is 1. The van der Waals surface area contributed by atoms with Crippen molar-refractivity contribution in [1.82, 2.24) is 20.5 Å². The summed E-state index contributed by atoms with van der Waals surface area (Å²) >= 11 is 0. The summed E-state index contributed by atoms with van der Waals surface area (Å²) in [6.07, 6.45) is 3.04. The molecule has 31 heavy (non-hydrogen) atoms. The Hall–Kier alpha value is -3.35. The zero-order valence-corrected chi connectivity index (χ0v) is 18.1. The van der Waals surface area contributed by atoms with Gasteiger partial charge in [0.15, 0.2) is 5.96 Å². The second-order valence-electron chi connectivity index (χ2n) is 7.43. The number of fused-ring (bicyclic) bond motifs is 1. The third-order valence-electron chi connectivity index (χ3n) is 5.04. The number of carbonyl (C=O) groups is 1. The number of hydrogen-bond donors (Lipinski definition) is 3. The largest absolute Gasteiger partial charge is 0.361 e. The Morgan fingerprint density at radius 3 is 2.74 bits per heavy atom. The fraction of sp³-hybridized carbons (Fsp3) is 0.333. The summed E-state index contributed by atoms with van der Waals surface area (Å²) in [7, 11) is 1.82. The first-order valence-electron chi connectivity index (χ1n) is 10.6. The number of aliphatic imine (C=N–C) groups is 1. The normalized spacial score (nSPS) is 11.5. The maximum absolute atomic E-state index is 13.3. The number of nitrogens with one attached hydrogen (secondary N) is 3. The van der Waals surface area contributed by atoms with Gasteiger partial charge in [-0.25, -0.2) is 4.39 Å². The van der Waals surface area contributed by atoms with E-state index in [1.165, 1.54) is 12.1 Å². The quantitative estimate of drug-likeness (QED) is 0.365. The first kappa shape index (κ1) is 22.3. The number of hydrogen-bond acceptors (Lipinski definition) is 2. The highest BCUT2D eigenvalue weighted by atomic mass is 19.1. The van der Waals surface area contributed by atoms with Gasteiger partial charge in [-0.3, -0.25) is 9.79 Å². The number of aromatic amines is 1. The van der Waals surface area contributed by atoms with Crippen molar-refractivity contribution in [2.45, 2.75) is 26.3 Å². The number of H-pyrrole nitrogens is 1. The second-order valence-corrected chi connectivity index (χ2v) is 7.43. The molecule has 7 heteroatoms. The lowest BCUT2D eigenvalue weighted by Crippen LogP contribution is -2.38. The number of aromatic nitrogens is 1. The molecule has 164 valence electrons. The third-order valence-corrected chi connectivity index (χ3v) is 5.04. The molecule has 0 saturated carbocycles. The standard InChI is InChI=1S/C24H30FN5O/c1-3-26-24(27-13-11-19-16-29-22-15-20(25)9-10-21(19)22)28-14-12-23(31)30(2)17-18-7-5-4-6-8-18/h4-10,15-16,29H,3,11-14,17H2,1-2H3,(H2,26,27,28). The molecule has 0 unspecified atom stereocenters. The summed E-state index contributed by atoms with van der Waals surface area (Å²) in [6, 6.07) is 14.7. The second kappa shape index (κ2) is 11.2. The van der Waals surface area contributed by atoms with Gasteiger partial charge in [-0.15, -0.1) is 0 Å². The molecule has 3 rings (SSSR count). The Balaban J connectivity index is 1.47. The fourth-order valence-electron chi connectivity index (χ4n) is 3.42. The molecule has 0 spiro atoms. The minimum atomic E-state index is -0.246. The highest BCUT2D eigenvalue weighted by molar-refractivity contribution is 5.83. The topological polar surface area (TPSA) is 72.5 Å². The summed E-state index contributed by atoms with van der Waals surface area (Å²) < 4.78 is 13.3. The van der Waals surface area contributed by atoms with Crippen molar-refractivity contribution in [2.75, 3.05) is 26.7 Å². The highest BCUT2D eigenvalue weighted by Crippen LogP contribution is 2.19. The number of guanidine groups is 1. The van der Waals surface area contributed by atoms with Gasteiger partial charge in [-0.1, -0.05) is 30.3 Å². The van der Waals surface area contributed by atoms with E-state index in [1.807, 2.05) is 50.5 Å². The Labute approximate surface area is 182 Å². The van der Waals surface area contributed by atoms with Crippen molar-refractivity contribution in [3.05, 3.63) is 71.7 Å². The predicted octanol–water partition coefficient (Wildman–Crippen LogP) is 3.45. The third kappa shape index (κ3) is 6.57. The molecule has 0 radical (unpaired) electrons. The zero-order valence-electron chi connectivity index (χ0n) is 18.1. The van der Waals surface area contributed by atoms with Crippen LogP contribution in [0.3, 0.4) is 0 Å². The number of halogens is 1. The molecule has 3 aromatic rings. The van der Waals surface area contributed by atoms with Crippen molar-refractivity contribution in [3.8, 4) is 0 Å². The van der Waals surface area contributed by atoms with Crippen LogP contribution in [0.1, 0.15) is 24.5 Å². The minimum Gasteiger partial charge on any atom is -0.361 e. The summed E-state index contributed by atoms with van der Waals surface area (Å²) in [6.45, 7) is 4.43.